The summed E-state index contributed by atoms with van der Waals surface area (Å²) in [6.07, 6.45) is 4.24. The minimum atomic E-state index is 0. The Bertz CT molecular complexity index is 331. The van der Waals surface area contributed by atoms with Crippen LogP contribution in [0.3, 0.4) is 0 Å². The fourth-order valence-corrected chi connectivity index (χ4v) is 1.32. The Kier molecular flexibility index (Phi) is 8.19. The number of rotatable bonds is 3. The summed E-state index contributed by atoms with van der Waals surface area (Å²) in [7, 11) is 0. The zero-order chi connectivity index (χ0) is 9.64. The molecule has 0 amide bonds. The Balaban J connectivity index is 0.00000112. The van der Waals surface area contributed by atoms with Crippen LogP contribution in [0, 0.1) is 12.8 Å². The van der Waals surface area contributed by atoms with E-state index in [2.05, 4.69) is 37.1 Å². The van der Waals surface area contributed by atoms with Crippen molar-refractivity contribution >= 4 is 0 Å². The first-order valence-electron chi connectivity index (χ1n) is 4.73. The molecule has 16 heavy (non-hydrogen) atoms. The van der Waals surface area contributed by atoms with Crippen LogP contribution in [0.4, 0.5) is 0 Å². The Morgan fingerprint density at radius 3 is 1.12 bits per heavy atom. The molecule has 70 valence electrons. The molecule has 2 aromatic carbocycles. The maximum Gasteiger partial charge on any atom is 1.00 e. The molecule has 0 heterocycles. The Labute approximate surface area is 122 Å². The van der Waals surface area contributed by atoms with Crippen molar-refractivity contribution in [2.75, 3.05) is 0 Å². The van der Waals surface area contributed by atoms with Gasteiger partial charge in [0.1, 0.15) is 0 Å². The third-order valence-corrected chi connectivity index (χ3v) is 2.07. The molecule has 0 radical (unpaired) electrons. The minimum absolute atomic E-state index is 0. The van der Waals surface area contributed by atoms with Crippen molar-refractivity contribution in [3.63, 3.8) is 0 Å². The van der Waals surface area contributed by atoms with E-state index in [-0.39, 0.29) is 37.7 Å². The van der Waals surface area contributed by atoms with E-state index < -0.39 is 0 Å². The van der Waals surface area contributed by atoms with E-state index in [0.29, 0.717) is 0 Å². The summed E-state index contributed by atoms with van der Waals surface area (Å²) in [5.41, 5.74) is 2.47. The summed E-state index contributed by atoms with van der Waals surface area (Å²) in [6, 6.07) is 20.6. The molecule has 0 unspecified atom stereocenters. The second-order valence-electron chi connectivity index (χ2n) is 3.15. The predicted octanol–water partition coefficient (Wildman–Crippen LogP) is -2.50. The molecule has 0 atom stereocenters. The number of hydrogen-bond donors (Lipinski definition) is 0. The van der Waals surface area contributed by atoms with E-state index in [4.69, 9.17) is 0 Å². The molecular weight excluding hydrogens is 182 g/mol. The molecule has 2 rings (SSSR count). The summed E-state index contributed by atoms with van der Waals surface area (Å²) in [4.78, 5) is 0. The molecule has 0 fully saturated rings. The second kappa shape index (κ2) is 8.52. The third kappa shape index (κ3) is 4.93. The monoisotopic (exact) mass is 194 g/mol. The average molecular weight is 194 g/mol. The van der Waals surface area contributed by atoms with Crippen molar-refractivity contribution in [2.45, 2.75) is 0 Å². The van der Waals surface area contributed by atoms with Gasteiger partial charge in [-0.05, 0) is 0 Å². The van der Waals surface area contributed by atoms with E-state index in [9.17, 15) is 0 Å². The van der Waals surface area contributed by atoms with Crippen molar-refractivity contribution in [1.29, 1.82) is 0 Å². The zero-order valence-electron chi connectivity index (χ0n) is 9.93. The van der Waals surface area contributed by atoms with Gasteiger partial charge in [0.15, 0.2) is 0 Å². The van der Waals surface area contributed by atoms with E-state index in [1.54, 1.807) is 0 Å². The smallest absolute Gasteiger partial charge is 0.219 e. The first-order chi connectivity index (χ1) is 6.95. The first kappa shape index (κ1) is 15.4. The van der Waals surface area contributed by atoms with Gasteiger partial charge in [-0.3, -0.25) is 0 Å². The molecule has 0 aromatic heterocycles. The van der Waals surface area contributed by atoms with Crippen molar-refractivity contribution < 1.29 is 37.7 Å². The molecule has 2 heteroatoms. The zero-order valence-corrected chi connectivity index (χ0v) is 9.93. The maximum absolute atomic E-state index is 2.12. The normalized spacial score (nSPS) is 8.25. The molecule has 0 saturated carbocycles. The van der Waals surface area contributed by atoms with Crippen LogP contribution in [-0.2, 0) is 0 Å². The standard InChI is InChI=1S/C14H12.2Li/c1-3-7-13(8-4-1)11-12-14-9-5-2-6-10-14;;/h1-12H;;/q-2;2*+1. The van der Waals surface area contributed by atoms with Gasteiger partial charge in [-0.15, -0.1) is 24.3 Å². The molecular formula is C14H12Li2. The Hall–Kier alpha value is -0.625. The molecule has 2 aromatic rings. The van der Waals surface area contributed by atoms with Gasteiger partial charge in [0.25, 0.3) is 0 Å². The molecule has 0 nitrogen and oxygen atoms in total. The van der Waals surface area contributed by atoms with Crippen LogP contribution in [0.5, 0.6) is 0 Å². The fourth-order valence-electron chi connectivity index (χ4n) is 1.32. The minimum Gasteiger partial charge on any atom is -0.219 e. The van der Waals surface area contributed by atoms with Gasteiger partial charge in [0.05, 0.1) is 0 Å². The molecule has 0 bridgehead atoms. The molecule has 0 N–H and O–H groups in total. The van der Waals surface area contributed by atoms with Gasteiger partial charge in [0.2, 0.25) is 0 Å². The topological polar surface area (TPSA) is 0 Å². The van der Waals surface area contributed by atoms with Gasteiger partial charge in [-0.1, -0.05) is 12.1 Å². The summed E-state index contributed by atoms with van der Waals surface area (Å²) in [5, 5.41) is 0. The van der Waals surface area contributed by atoms with Crippen LogP contribution in [-0.4, -0.2) is 0 Å². The summed E-state index contributed by atoms with van der Waals surface area (Å²) >= 11 is 0. The van der Waals surface area contributed by atoms with Crippen LogP contribution in [0.25, 0.3) is 0 Å². The quantitative estimate of drug-likeness (QED) is 0.374. The van der Waals surface area contributed by atoms with Gasteiger partial charge in [-0.25, -0.2) is 24.0 Å². The van der Waals surface area contributed by atoms with Crippen LogP contribution in [0.2, 0.25) is 0 Å². The van der Waals surface area contributed by atoms with Gasteiger partial charge >= 0.3 is 37.7 Å². The maximum atomic E-state index is 2.12. The van der Waals surface area contributed by atoms with Crippen molar-refractivity contribution in [2.24, 2.45) is 0 Å². The fraction of sp³-hybridized carbons (Fsp3) is 0. The average Bonchev–Trinajstić information content (AvgIpc) is 2.29. The first-order valence-corrected chi connectivity index (χ1v) is 4.73. The number of hydrogen-bond acceptors (Lipinski definition) is 0. The molecule has 0 aliphatic rings. The second-order valence-corrected chi connectivity index (χ2v) is 3.15. The van der Waals surface area contributed by atoms with Crippen LogP contribution >= 0.6 is 0 Å². The molecule has 0 saturated heterocycles. The molecule has 0 aliphatic heterocycles. The van der Waals surface area contributed by atoms with E-state index in [1.807, 2.05) is 36.4 Å². The van der Waals surface area contributed by atoms with Crippen LogP contribution in [0.1, 0.15) is 11.1 Å². The summed E-state index contributed by atoms with van der Waals surface area (Å²) < 4.78 is 0. The summed E-state index contributed by atoms with van der Waals surface area (Å²) in [5.74, 6) is 0. The SMILES string of the molecule is [Li+].[Li+].c1ccc([CH-][CH-]c2ccccc2)cc1. The Morgan fingerprint density at radius 2 is 0.812 bits per heavy atom. The van der Waals surface area contributed by atoms with Gasteiger partial charge < -0.3 is 0 Å². The summed E-state index contributed by atoms with van der Waals surface area (Å²) in [6.45, 7) is 0. The van der Waals surface area contributed by atoms with Crippen LogP contribution < -0.4 is 37.7 Å². The van der Waals surface area contributed by atoms with E-state index in [1.165, 1.54) is 11.1 Å². The van der Waals surface area contributed by atoms with Gasteiger partial charge in [0, 0.05) is 0 Å². The van der Waals surface area contributed by atoms with Crippen molar-refractivity contribution in [3.8, 4) is 0 Å². The number of benzene rings is 2. The molecule has 0 spiro atoms. The predicted molar refractivity (Wildman–Crippen MR) is 59.7 cm³/mol. The third-order valence-electron chi connectivity index (χ3n) is 2.07. The van der Waals surface area contributed by atoms with E-state index in [0.717, 1.165) is 0 Å². The van der Waals surface area contributed by atoms with Crippen molar-refractivity contribution in [3.05, 3.63) is 84.6 Å². The van der Waals surface area contributed by atoms with Crippen LogP contribution in [0.15, 0.2) is 60.7 Å². The van der Waals surface area contributed by atoms with Gasteiger partial charge in [-0.2, -0.15) is 24.3 Å². The Morgan fingerprint density at radius 1 is 0.500 bits per heavy atom. The largest absolute Gasteiger partial charge is 1.00 e. The van der Waals surface area contributed by atoms with E-state index >= 15 is 0 Å². The van der Waals surface area contributed by atoms with Crippen molar-refractivity contribution in [1.82, 2.24) is 0 Å². The molecule has 0 aliphatic carbocycles.